The van der Waals surface area contributed by atoms with E-state index in [1.165, 1.54) is 0 Å². The summed E-state index contributed by atoms with van der Waals surface area (Å²) in [5.74, 6) is -1.97. The molecular formula is C9H17NO4. The van der Waals surface area contributed by atoms with E-state index in [1.807, 2.05) is 13.8 Å². The third-order valence-corrected chi connectivity index (χ3v) is 2.65. The first-order valence-corrected chi connectivity index (χ1v) is 4.81. The molecule has 14 heavy (non-hydrogen) atoms. The molecule has 2 aliphatic heterocycles. The lowest BCUT2D eigenvalue weighted by Crippen LogP contribution is -2.40. The molecule has 4 atom stereocenters. The van der Waals surface area contributed by atoms with Crippen LogP contribution >= 0.6 is 0 Å². The van der Waals surface area contributed by atoms with Crippen molar-refractivity contribution in [2.75, 3.05) is 6.54 Å². The van der Waals surface area contributed by atoms with Gasteiger partial charge in [-0.1, -0.05) is 0 Å². The van der Waals surface area contributed by atoms with E-state index in [2.05, 4.69) is 0 Å². The topological polar surface area (TPSA) is 73.9 Å². The van der Waals surface area contributed by atoms with Gasteiger partial charge in [-0.2, -0.15) is 0 Å². The lowest BCUT2D eigenvalue weighted by molar-refractivity contribution is -0.264. The summed E-state index contributed by atoms with van der Waals surface area (Å²) in [6, 6.07) is 0. The summed E-state index contributed by atoms with van der Waals surface area (Å²) in [5, 5.41) is 9.92. The summed E-state index contributed by atoms with van der Waals surface area (Å²) in [6.45, 7) is 5.52. The normalized spacial score (nSPS) is 50.8. The molecule has 0 bridgehead atoms. The van der Waals surface area contributed by atoms with Gasteiger partial charge in [-0.25, -0.2) is 0 Å². The van der Waals surface area contributed by atoms with Crippen molar-refractivity contribution in [2.24, 2.45) is 5.73 Å². The number of ether oxygens (including phenoxy) is 3. The highest BCUT2D eigenvalue weighted by molar-refractivity contribution is 5.00. The van der Waals surface area contributed by atoms with E-state index in [0.29, 0.717) is 6.54 Å². The maximum absolute atomic E-state index is 9.92. The average molecular weight is 203 g/mol. The molecule has 0 aromatic carbocycles. The summed E-state index contributed by atoms with van der Waals surface area (Å²) in [5.41, 5.74) is 5.53. The van der Waals surface area contributed by atoms with E-state index in [9.17, 15) is 5.11 Å². The second-order valence-electron chi connectivity index (χ2n) is 4.47. The van der Waals surface area contributed by atoms with Crippen molar-refractivity contribution >= 4 is 0 Å². The maximum Gasteiger partial charge on any atom is 0.192 e. The number of rotatable bonds is 1. The molecule has 0 aliphatic carbocycles. The van der Waals surface area contributed by atoms with Crippen molar-refractivity contribution in [1.82, 2.24) is 0 Å². The molecule has 5 heteroatoms. The number of hydrogen-bond acceptors (Lipinski definition) is 5. The molecule has 0 spiro atoms. The molecule has 0 amide bonds. The molecule has 2 rings (SSSR count). The minimum Gasteiger partial charge on any atom is -0.364 e. The van der Waals surface area contributed by atoms with Gasteiger partial charge in [0.05, 0.1) is 0 Å². The first-order valence-electron chi connectivity index (χ1n) is 4.81. The molecule has 3 N–H and O–H groups in total. The van der Waals surface area contributed by atoms with Gasteiger partial charge in [-0.3, -0.25) is 0 Å². The van der Waals surface area contributed by atoms with Gasteiger partial charge in [0.2, 0.25) is 0 Å². The van der Waals surface area contributed by atoms with E-state index < -0.39 is 17.7 Å². The second kappa shape index (κ2) is 2.90. The van der Waals surface area contributed by atoms with Crippen molar-refractivity contribution in [3.8, 4) is 0 Å². The quantitative estimate of drug-likeness (QED) is 0.605. The SMILES string of the molecule is CC1(C)O[C@@H]2[C@H](CN)OC(C)(O)[C@@H]2O1. The van der Waals surface area contributed by atoms with E-state index in [-0.39, 0.29) is 12.2 Å². The Labute approximate surface area is 83.1 Å². The number of fused-ring (bicyclic) bond motifs is 1. The van der Waals surface area contributed by atoms with Gasteiger partial charge >= 0.3 is 0 Å². The fourth-order valence-electron chi connectivity index (χ4n) is 2.10. The number of nitrogens with two attached hydrogens (primary N) is 1. The molecular weight excluding hydrogens is 186 g/mol. The highest BCUT2D eigenvalue weighted by atomic mass is 16.8. The average Bonchev–Trinajstić information content (AvgIpc) is 2.46. The van der Waals surface area contributed by atoms with Crippen LogP contribution in [0.25, 0.3) is 0 Å². The van der Waals surface area contributed by atoms with Gasteiger partial charge in [0, 0.05) is 6.54 Å². The zero-order chi connectivity index (χ0) is 10.6. The van der Waals surface area contributed by atoms with Crippen molar-refractivity contribution in [3.05, 3.63) is 0 Å². The van der Waals surface area contributed by atoms with Gasteiger partial charge in [-0.05, 0) is 20.8 Å². The molecule has 2 fully saturated rings. The van der Waals surface area contributed by atoms with Crippen LogP contribution in [0.15, 0.2) is 0 Å². The van der Waals surface area contributed by atoms with E-state index in [4.69, 9.17) is 19.9 Å². The Kier molecular flexibility index (Phi) is 2.14. The Morgan fingerprint density at radius 3 is 2.43 bits per heavy atom. The predicted octanol–water partition coefficient (Wildman–Crippen LogP) is -0.427. The van der Waals surface area contributed by atoms with E-state index in [1.54, 1.807) is 6.92 Å². The largest absolute Gasteiger partial charge is 0.364 e. The summed E-state index contributed by atoms with van der Waals surface area (Å²) in [4.78, 5) is 0. The Bertz CT molecular complexity index is 241. The Morgan fingerprint density at radius 1 is 1.21 bits per heavy atom. The molecule has 0 aromatic heterocycles. The van der Waals surface area contributed by atoms with E-state index >= 15 is 0 Å². The first kappa shape index (κ1) is 10.3. The van der Waals surface area contributed by atoms with Gasteiger partial charge in [0.15, 0.2) is 11.6 Å². The monoisotopic (exact) mass is 203 g/mol. The van der Waals surface area contributed by atoms with Crippen molar-refractivity contribution in [3.63, 3.8) is 0 Å². The lowest BCUT2D eigenvalue weighted by Gasteiger charge is -2.26. The van der Waals surface area contributed by atoms with Crippen LogP contribution in [0, 0.1) is 0 Å². The summed E-state index contributed by atoms with van der Waals surface area (Å²) in [7, 11) is 0. The predicted molar refractivity (Wildman–Crippen MR) is 48.4 cm³/mol. The fraction of sp³-hybridized carbons (Fsp3) is 1.00. The molecule has 5 nitrogen and oxygen atoms in total. The number of hydrogen-bond donors (Lipinski definition) is 2. The smallest absolute Gasteiger partial charge is 0.192 e. The van der Waals surface area contributed by atoms with Crippen LogP contribution in [0.4, 0.5) is 0 Å². The third kappa shape index (κ3) is 1.45. The summed E-state index contributed by atoms with van der Waals surface area (Å²) < 4.78 is 16.5. The molecule has 2 heterocycles. The van der Waals surface area contributed by atoms with Gasteiger partial charge in [0.1, 0.15) is 18.3 Å². The van der Waals surface area contributed by atoms with Gasteiger partial charge in [0.25, 0.3) is 0 Å². The zero-order valence-corrected chi connectivity index (χ0v) is 8.69. The highest BCUT2D eigenvalue weighted by Gasteiger charge is 2.59. The standard InChI is InChI=1S/C9H17NO4/c1-8(2)13-6-5(4-10)12-9(3,11)7(6)14-8/h5-7,11H,4,10H2,1-3H3/t5-,6+,7+,9?/m0/s1. The lowest BCUT2D eigenvalue weighted by atomic mass is 10.1. The van der Waals surface area contributed by atoms with Crippen LogP contribution in [0.3, 0.4) is 0 Å². The molecule has 82 valence electrons. The van der Waals surface area contributed by atoms with Gasteiger partial charge < -0.3 is 25.1 Å². The molecule has 2 aliphatic rings. The molecule has 0 aromatic rings. The number of aliphatic hydroxyl groups is 1. The van der Waals surface area contributed by atoms with Crippen molar-refractivity contribution in [1.29, 1.82) is 0 Å². The van der Waals surface area contributed by atoms with Gasteiger partial charge in [-0.15, -0.1) is 0 Å². The van der Waals surface area contributed by atoms with Crippen LogP contribution in [-0.4, -0.2) is 41.5 Å². The van der Waals surface area contributed by atoms with Crippen LogP contribution in [-0.2, 0) is 14.2 Å². The Balaban J connectivity index is 2.21. The summed E-state index contributed by atoms with van der Waals surface area (Å²) in [6.07, 6.45) is -1.02. The van der Waals surface area contributed by atoms with Crippen LogP contribution < -0.4 is 5.73 Å². The second-order valence-corrected chi connectivity index (χ2v) is 4.47. The highest BCUT2D eigenvalue weighted by Crippen LogP contribution is 2.42. The van der Waals surface area contributed by atoms with Crippen molar-refractivity contribution in [2.45, 2.75) is 50.7 Å². The van der Waals surface area contributed by atoms with Crippen LogP contribution in [0.1, 0.15) is 20.8 Å². The first-order chi connectivity index (χ1) is 6.36. The third-order valence-electron chi connectivity index (χ3n) is 2.65. The fourth-order valence-corrected chi connectivity index (χ4v) is 2.10. The molecule has 1 unspecified atom stereocenters. The van der Waals surface area contributed by atoms with Crippen molar-refractivity contribution < 1.29 is 19.3 Å². The molecule has 0 radical (unpaired) electrons. The zero-order valence-electron chi connectivity index (χ0n) is 8.69. The van der Waals surface area contributed by atoms with E-state index in [0.717, 1.165) is 0 Å². The summed E-state index contributed by atoms with van der Waals surface area (Å²) >= 11 is 0. The van der Waals surface area contributed by atoms with Crippen LogP contribution in [0.2, 0.25) is 0 Å². The molecule has 2 saturated heterocycles. The minimum atomic E-state index is -1.30. The Hall–Kier alpha value is -0.200. The minimum absolute atomic E-state index is 0.273. The molecule has 0 saturated carbocycles. The Morgan fingerprint density at radius 2 is 1.86 bits per heavy atom. The maximum atomic E-state index is 9.92. The van der Waals surface area contributed by atoms with Crippen LogP contribution in [0.5, 0.6) is 0 Å².